The molecule has 0 aliphatic rings. The minimum Gasteiger partial charge on any atom is -0.508 e. The molecule has 0 aliphatic heterocycles. The number of amides is 1. The molecule has 2 aromatic heterocycles. The van der Waals surface area contributed by atoms with Gasteiger partial charge in [0.15, 0.2) is 11.5 Å². The quantitative estimate of drug-likeness (QED) is 0.439. The van der Waals surface area contributed by atoms with Crippen molar-refractivity contribution >= 4 is 22.9 Å². The van der Waals surface area contributed by atoms with Crippen LogP contribution in [0.1, 0.15) is 20.8 Å². The zero-order valence-electron chi connectivity index (χ0n) is 17.3. The number of rotatable bonds is 3. The number of hydrogen-bond acceptors (Lipinski definition) is 6. The number of nitrogens with zero attached hydrogens (tertiary/aromatic N) is 3. The average molecular weight is 418 g/mol. The van der Waals surface area contributed by atoms with Crippen LogP contribution in [0, 0.1) is 0 Å². The van der Waals surface area contributed by atoms with E-state index >= 15 is 0 Å². The summed E-state index contributed by atoms with van der Waals surface area (Å²) in [6.45, 7) is 5.40. The van der Waals surface area contributed by atoms with Crippen LogP contribution in [-0.4, -0.2) is 36.4 Å². The molecule has 0 aliphatic carbocycles. The Morgan fingerprint density at radius 1 is 1.06 bits per heavy atom. The van der Waals surface area contributed by atoms with E-state index in [1.165, 1.54) is 12.1 Å². The Hall–Kier alpha value is -4.07. The summed E-state index contributed by atoms with van der Waals surface area (Å²) >= 11 is 0. The highest BCUT2D eigenvalue weighted by atomic mass is 16.6. The lowest BCUT2D eigenvalue weighted by atomic mass is 10.1. The Kier molecular flexibility index (Phi) is 4.98. The van der Waals surface area contributed by atoms with E-state index in [1.54, 1.807) is 55.8 Å². The van der Waals surface area contributed by atoms with Crippen LogP contribution in [0.2, 0.25) is 0 Å². The van der Waals surface area contributed by atoms with Crippen molar-refractivity contribution < 1.29 is 19.7 Å². The lowest BCUT2D eigenvalue weighted by Gasteiger charge is -2.19. The third-order valence-electron chi connectivity index (χ3n) is 4.41. The molecule has 0 unspecified atom stereocenters. The summed E-state index contributed by atoms with van der Waals surface area (Å²) in [6, 6.07) is 15.1. The van der Waals surface area contributed by atoms with Crippen LogP contribution in [0.15, 0.2) is 60.8 Å². The van der Waals surface area contributed by atoms with Crippen molar-refractivity contribution in [2.45, 2.75) is 26.4 Å². The molecule has 4 aromatic rings. The molecule has 8 heteroatoms. The van der Waals surface area contributed by atoms with E-state index < -0.39 is 11.7 Å². The molecule has 0 spiro atoms. The van der Waals surface area contributed by atoms with Crippen LogP contribution < -0.4 is 5.32 Å². The Bertz CT molecular complexity index is 1260. The molecule has 0 saturated heterocycles. The van der Waals surface area contributed by atoms with Gasteiger partial charge in [0, 0.05) is 23.6 Å². The van der Waals surface area contributed by atoms with Gasteiger partial charge in [-0.3, -0.25) is 9.88 Å². The first kappa shape index (κ1) is 20.2. The van der Waals surface area contributed by atoms with E-state index in [9.17, 15) is 15.0 Å². The molecule has 158 valence electrons. The number of benzene rings is 2. The fourth-order valence-corrected chi connectivity index (χ4v) is 3.16. The van der Waals surface area contributed by atoms with E-state index in [1.807, 2.05) is 18.2 Å². The summed E-state index contributed by atoms with van der Waals surface area (Å²) in [6.07, 6.45) is 1.13. The summed E-state index contributed by atoms with van der Waals surface area (Å²) < 4.78 is 7.08. The zero-order valence-corrected chi connectivity index (χ0v) is 17.3. The van der Waals surface area contributed by atoms with Gasteiger partial charge < -0.3 is 14.9 Å². The number of carbonyl (C=O) groups excluding carboxylic acids is 1. The van der Waals surface area contributed by atoms with Gasteiger partial charge in [0.05, 0.1) is 5.56 Å². The molecule has 0 radical (unpaired) electrons. The van der Waals surface area contributed by atoms with Gasteiger partial charge in [0.1, 0.15) is 22.6 Å². The lowest BCUT2D eigenvalue weighted by Crippen LogP contribution is -2.27. The highest BCUT2D eigenvalue weighted by molar-refractivity contribution is 5.85. The first-order valence-corrected chi connectivity index (χ1v) is 9.67. The van der Waals surface area contributed by atoms with Crippen molar-refractivity contribution in [1.29, 1.82) is 0 Å². The van der Waals surface area contributed by atoms with E-state index in [4.69, 9.17) is 4.74 Å². The number of imidazole rings is 1. The molecular formula is C23H22N4O4. The molecule has 4 rings (SSSR count). The smallest absolute Gasteiger partial charge is 0.412 e. The van der Waals surface area contributed by atoms with Gasteiger partial charge in [-0.05, 0) is 69.3 Å². The summed E-state index contributed by atoms with van der Waals surface area (Å²) in [5.41, 5.74) is 2.43. The minimum atomic E-state index is -0.591. The second-order valence-corrected chi connectivity index (χ2v) is 7.99. The summed E-state index contributed by atoms with van der Waals surface area (Å²) in [4.78, 5) is 21.1. The molecule has 1 amide bonds. The number of ether oxygens (including phenoxy) is 1. The van der Waals surface area contributed by atoms with E-state index in [-0.39, 0.29) is 11.5 Å². The Labute approximate surface area is 178 Å². The van der Waals surface area contributed by atoms with E-state index in [0.717, 1.165) is 5.69 Å². The number of nitrogens with one attached hydrogen (secondary N) is 1. The summed E-state index contributed by atoms with van der Waals surface area (Å²) in [7, 11) is 0. The van der Waals surface area contributed by atoms with Crippen molar-refractivity contribution in [3.05, 3.63) is 60.8 Å². The zero-order chi connectivity index (χ0) is 22.2. The maximum absolute atomic E-state index is 12.0. The van der Waals surface area contributed by atoms with Crippen LogP contribution in [0.3, 0.4) is 0 Å². The average Bonchev–Trinajstić information content (AvgIpc) is 3.06. The predicted molar refractivity (Wildman–Crippen MR) is 117 cm³/mol. The highest BCUT2D eigenvalue weighted by Crippen LogP contribution is 2.35. The van der Waals surface area contributed by atoms with Crippen molar-refractivity contribution in [1.82, 2.24) is 14.5 Å². The van der Waals surface area contributed by atoms with Crippen molar-refractivity contribution in [2.75, 3.05) is 5.32 Å². The second kappa shape index (κ2) is 7.64. The SMILES string of the molecule is CC(C)(C)OC(=O)Nc1ccc(-n2c(-c3ccc(O)cc3O)nc3cccnc32)cc1. The van der Waals surface area contributed by atoms with Crippen molar-refractivity contribution in [3.8, 4) is 28.6 Å². The number of phenolic OH excluding ortho intramolecular Hbond substituents is 2. The van der Waals surface area contributed by atoms with Crippen LogP contribution >= 0.6 is 0 Å². The standard InChI is InChI=1S/C23H22N4O4/c1-23(2,3)31-22(30)25-14-6-8-15(9-7-14)27-20(17-11-10-16(28)13-19(17)29)26-18-5-4-12-24-21(18)27/h4-13,28-29H,1-3H3,(H,25,30). The van der Waals surface area contributed by atoms with Gasteiger partial charge >= 0.3 is 6.09 Å². The predicted octanol–water partition coefficient (Wildman–Crippen LogP) is 4.85. The van der Waals surface area contributed by atoms with Gasteiger partial charge in [-0.1, -0.05) is 0 Å². The largest absolute Gasteiger partial charge is 0.508 e. The lowest BCUT2D eigenvalue weighted by molar-refractivity contribution is 0.0636. The number of fused-ring (bicyclic) bond motifs is 1. The molecule has 2 aromatic carbocycles. The molecule has 0 bridgehead atoms. The third kappa shape index (κ3) is 4.28. The van der Waals surface area contributed by atoms with Crippen molar-refractivity contribution in [3.63, 3.8) is 0 Å². The van der Waals surface area contributed by atoms with Gasteiger partial charge in [-0.25, -0.2) is 14.8 Å². The van der Waals surface area contributed by atoms with Crippen LogP contribution in [-0.2, 0) is 4.74 Å². The van der Waals surface area contributed by atoms with Crippen LogP contribution in [0.4, 0.5) is 10.5 Å². The second-order valence-electron chi connectivity index (χ2n) is 7.99. The van der Waals surface area contributed by atoms with E-state index in [0.29, 0.717) is 28.2 Å². The number of aromatic hydroxyl groups is 2. The molecule has 0 saturated carbocycles. The number of hydrogen-bond donors (Lipinski definition) is 3. The summed E-state index contributed by atoms with van der Waals surface area (Å²) in [5, 5.41) is 22.7. The van der Waals surface area contributed by atoms with Gasteiger partial charge in [0.2, 0.25) is 0 Å². The Morgan fingerprint density at radius 3 is 2.48 bits per heavy atom. The third-order valence-corrected chi connectivity index (χ3v) is 4.41. The first-order chi connectivity index (χ1) is 14.7. The molecule has 3 N–H and O–H groups in total. The fourth-order valence-electron chi connectivity index (χ4n) is 3.16. The van der Waals surface area contributed by atoms with Crippen LogP contribution in [0.5, 0.6) is 11.5 Å². The first-order valence-electron chi connectivity index (χ1n) is 9.67. The molecule has 8 nitrogen and oxygen atoms in total. The molecule has 31 heavy (non-hydrogen) atoms. The Morgan fingerprint density at radius 2 is 1.81 bits per heavy atom. The van der Waals surface area contributed by atoms with Gasteiger partial charge in [-0.15, -0.1) is 0 Å². The maximum Gasteiger partial charge on any atom is 0.412 e. The van der Waals surface area contributed by atoms with Gasteiger partial charge in [-0.2, -0.15) is 0 Å². The number of aromatic nitrogens is 3. The normalized spacial score (nSPS) is 11.5. The number of pyridine rings is 1. The number of phenols is 2. The van der Waals surface area contributed by atoms with Gasteiger partial charge in [0.25, 0.3) is 0 Å². The number of anilines is 1. The van der Waals surface area contributed by atoms with Crippen LogP contribution in [0.25, 0.3) is 28.2 Å². The maximum atomic E-state index is 12.0. The molecular weight excluding hydrogens is 396 g/mol. The number of carbonyl (C=O) groups is 1. The van der Waals surface area contributed by atoms with E-state index in [2.05, 4.69) is 15.3 Å². The monoisotopic (exact) mass is 418 g/mol. The summed E-state index contributed by atoms with van der Waals surface area (Å²) in [5.74, 6) is 0.332. The molecule has 0 fully saturated rings. The highest BCUT2D eigenvalue weighted by Gasteiger charge is 2.19. The minimum absolute atomic E-state index is 0.0420. The van der Waals surface area contributed by atoms with Crippen molar-refractivity contribution in [2.24, 2.45) is 0 Å². The Balaban J connectivity index is 1.75. The fraction of sp³-hybridized carbons (Fsp3) is 0.174. The topological polar surface area (TPSA) is 110 Å². The molecule has 0 atom stereocenters. The molecule has 2 heterocycles.